The lowest BCUT2D eigenvalue weighted by Crippen LogP contribution is -2.43. The number of benzene rings is 1. The number of fused-ring (bicyclic) bond motifs is 1. The molecule has 104 valence electrons. The second-order valence-corrected chi connectivity index (χ2v) is 4.63. The van der Waals surface area contributed by atoms with E-state index in [4.69, 9.17) is 11.5 Å². The van der Waals surface area contributed by atoms with Crippen molar-refractivity contribution in [1.82, 2.24) is 5.32 Å². The van der Waals surface area contributed by atoms with Crippen molar-refractivity contribution >= 4 is 17.7 Å². The van der Waals surface area contributed by atoms with Crippen molar-refractivity contribution in [2.45, 2.75) is 25.8 Å². The Bertz CT molecular complexity index is 589. The second kappa shape index (κ2) is 5.66. The molecule has 0 bridgehead atoms. The smallest absolute Gasteiger partial charge is 0.335 e. The minimum absolute atomic E-state index is 0.174. The van der Waals surface area contributed by atoms with Crippen LogP contribution in [0.4, 0.5) is 10.5 Å². The van der Waals surface area contributed by atoms with E-state index < -0.39 is 5.97 Å². The summed E-state index contributed by atoms with van der Waals surface area (Å²) in [5, 5.41) is 11.8. The van der Waals surface area contributed by atoms with Gasteiger partial charge in [-0.15, -0.1) is 6.42 Å². The van der Waals surface area contributed by atoms with Gasteiger partial charge in [-0.1, -0.05) is 18.9 Å². The quantitative estimate of drug-likeness (QED) is 0.825. The van der Waals surface area contributed by atoms with E-state index in [0.29, 0.717) is 18.7 Å². The van der Waals surface area contributed by atoms with E-state index in [1.807, 2.05) is 6.92 Å². The molecule has 0 fully saturated rings. The molecule has 1 aliphatic heterocycles. The molecule has 0 radical (unpaired) electrons. The van der Waals surface area contributed by atoms with Gasteiger partial charge in [-0.25, -0.2) is 9.59 Å². The van der Waals surface area contributed by atoms with Gasteiger partial charge in [0.15, 0.2) is 0 Å². The highest BCUT2D eigenvalue weighted by atomic mass is 16.4. The molecule has 1 unspecified atom stereocenters. The van der Waals surface area contributed by atoms with Crippen LogP contribution in [0.15, 0.2) is 18.2 Å². The Kier molecular flexibility index (Phi) is 3.94. The number of aromatic carboxylic acids is 1. The van der Waals surface area contributed by atoms with Gasteiger partial charge in [-0.3, -0.25) is 4.90 Å². The molecule has 5 heteroatoms. The number of amides is 2. The summed E-state index contributed by atoms with van der Waals surface area (Å²) in [6, 6.07) is 4.25. The number of anilines is 1. The number of carboxylic acids is 1. The molecule has 2 rings (SSSR count). The van der Waals surface area contributed by atoms with Gasteiger partial charge in [0.1, 0.15) is 0 Å². The van der Waals surface area contributed by atoms with Gasteiger partial charge < -0.3 is 10.4 Å². The third kappa shape index (κ3) is 2.59. The predicted octanol–water partition coefficient (Wildman–Crippen LogP) is 1.87. The molecule has 0 aromatic heterocycles. The molecule has 5 nitrogen and oxygen atoms in total. The number of nitrogens with zero attached hydrogens (tertiary/aromatic N) is 1. The van der Waals surface area contributed by atoms with Crippen LogP contribution in [0, 0.1) is 12.3 Å². The van der Waals surface area contributed by atoms with E-state index in [-0.39, 0.29) is 17.6 Å². The number of rotatable bonds is 3. The molecule has 0 saturated heterocycles. The summed E-state index contributed by atoms with van der Waals surface area (Å²) in [6.45, 7) is 2.43. The van der Waals surface area contributed by atoms with Crippen LogP contribution in [0.2, 0.25) is 0 Å². The molecule has 2 amide bonds. The highest BCUT2D eigenvalue weighted by Gasteiger charge is 2.26. The number of carbonyl (C=O) groups excluding carboxylic acids is 1. The Labute approximate surface area is 117 Å². The van der Waals surface area contributed by atoms with E-state index in [1.54, 1.807) is 17.0 Å². The fourth-order valence-corrected chi connectivity index (χ4v) is 2.21. The molecule has 1 heterocycles. The zero-order chi connectivity index (χ0) is 14.7. The average Bonchev–Trinajstić information content (AvgIpc) is 2.87. The molecule has 0 aliphatic carbocycles. The lowest BCUT2D eigenvalue weighted by Gasteiger charge is -2.20. The van der Waals surface area contributed by atoms with Crippen LogP contribution in [-0.2, 0) is 6.42 Å². The summed E-state index contributed by atoms with van der Waals surface area (Å²) in [7, 11) is 0. The van der Waals surface area contributed by atoms with Gasteiger partial charge in [0, 0.05) is 12.2 Å². The van der Waals surface area contributed by atoms with Crippen LogP contribution in [0.5, 0.6) is 0 Å². The number of hydrogen-bond acceptors (Lipinski definition) is 2. The van der Waals surface area contributed by atoms with Gasteiger partial charge in [-0.2, -0.15) is 0 Å². The number of hydrogen-bond donors (Lipinski definition) is 2. The third-order valence-corrected chi connectivity index (χ3v) is 3.38. The summed E-state index contributed by atoms with van der Waals surface area (Å²) in [6.07, 6.45) is 6.70. The molecule has 1 aliphatic rings. The van der Waals surface area contributed by atoms with E-state index >= 15 is 0 Å². The van der Waals surface area contributed by atoms with Crippen LogP contribution in [-0.4, -0.2) is 29.7 Å². The number of carboxylic acid groups (broad SMARTS) is 1. The summed E-state index contributed by atoms with van der Waals surface area (Å²) in [5.41, 5.74) is 1.79. The van der Waals surface area contributed by atoms with E-state index in [2.05, 4.69) is 11.2 Å². The van der Waals surface area contributed by atoms with Crippen LogP contribution in [0.3, 0.4) is 0 Å². The lowest BCUT2D eigenvalue weighted by atomic mass is 10.1. The molecule has 0 saturated carbocycles. The molecule has 2 N–H and O–H groups in total. The third-order valence-electron chi connectivity index (χ3n) is 3.38. The number of urea groups is 1. The highest BCUT2D eigenvalue weighted by Crippen LogP contribution is 2.29. The fourth-order valence-electron chi connectivity index (χ4n) is 2.21. The summed E-state index contributed by atoms with van der Waals surface area (Å²) in [5.74, 6) is 1.50. The first-order valence-electron chi connectivity index (χ1n) is 6.47. The van der Waals surface area contributed by atoms with Crippen LogP contribution in [0.1, 0.15) is 29.3 Å². The van der Waals surface area contributed by atoms with Crippen molar-refractivity contribution < 1.29 is 14.7 Å². The normalized spacial score (nSPS) is 14.3. The van der Waals surface area contributed by atoms with Crippen LogP contribution < -0.4 is 10.2 Å². The Morgan fingerprint density at radius 3 is 2.90 bits per heavy atom. The van der Waals surface area contributed by atoms with Crippen molar-refractivity contribution in [3.63, 3.8) is 0 Å². The zero-order valence-corrected chi connectivity index (χ0v) is 11.2. The van der Waals surface area contributed by atoms with Gasteiger partial charge >= 0.3 is 12.0 Å². The maximum absolute atomic E-state index is 12.2. The van der Waals surface area contributed by atoms with Crippen LogP contribution in [0.25, 0.3) is 0 Å². The SMILES string of the molecule is C#CC(CC)NC(=O)N1CCc2ccc(C(=O)O)cc21. The Morgan fingerprint density at radius 1 is 1.55 bits per heavy atom. The monoisotopic (exact) mass is 272 g/mol. The maximum Gasteiger partial charge on any atom is 0.335 e. The number of terminal acetylenes is 1. The Hall–Kier alpha value is -2.48. The van der Waals surface area contributed by atoms with Crippen molar-refractivity contribution in [1.29, 1.82) is 0 Å². The van der Waals surface area contributed by atoms with Crippen molar-refractivity contribution in [3.8, 4) is 12.3 Å². The largest absolute Gasteiger partial charge is 0.478 e. The molecule has 1 aromatic carbocycles. The van der Waals surface area contributed by atoms with Crippen molar-refractivity contribution in [2.75, 3.05) is 11.4 Å². The van der Waals surface area contributed by atoms with Crippen molar-refractivity contribution in [3.05, 3.63) is 29.3 Å². The fraction of sp³-hybridized carbons (Fsp3) is 0.333. The number of carbonyl (C=O) groups is 2. The summed E-state index contributed by atoms with van der Waals surface area (Å²) >= 11 is 0. The molecule has 1 aromatic rings. The highest BCUT2D eigenvalue weighted by molar-refractivity contribution is 5.97. The topological polar surface area (TPSA) is 69.6 Å². The number of nitrogens with one attached hydrogen (secondary N) is 1. The second-order valence-electron chi connectivity index (χ2n) is 4.63. The van der Waals surface area contributed by atoms with E-state index in [1.165, 1.54) is 6.07 Å². The maximum atomic E-state index is 12.2. The first-order valence-corrected chi connectivity index (χ1v) is 6.47. The van der Waals surface area contributed by atoms with E-state index in [0.717, 1.165) is 12.0 Å². The van der Waals surface area contributed by atoms with Gasteiger partial charge in [-0.05, 0) is 30.5 Å². The summed E-state index contributed by atoms with van der Waals surface area (Å²) < 4.78 is 0. The van der Waals surface area contributed by atoms with E-state index in [9.17, 15) is 9.59 Å². The average molecular weight is 272 g/mol. The predicted molar refractivity (Wildman–Crippen MR) is 75.9 cm³/mol. The Morgan fingerprint density at radius 2 is 2.30 bits per heavy atom. The summed E-state index contributed by atoms with van der Waals surface area (Å²) in [4.78, 5) is 24.7. The molecule has 0 spiro atoms. The lowest BCUT2D eigenvalue weighted by molar-refractivity contribution is 0.0697. The molecule has 20 heavy (non-hydrogen) atoms. The minimum atomic E-state index is -1.00. The van der Waals surface area contributed by atoms with Crippen LogP contribution >= 0.6 is 0 Å². The van der Waals surface area contributed by atoms with Crippen molar-refractivity contribution in [2.24, 2.45) is 0 Å². The molecular weight excluding hydrogens is 256 g/mol. The van der Waals surface area contributed by atoms with Gasteiger partial charge in [0.05, 0.1) is 11.6 Å². The zero-order valence-electron chi connectivity index (χ0n) is 11.2. The first-order chi connectivity index (χ1) is 9.56. The molecule has 1 atom stereocenters. The Balaban J connectivity index is 2.22. The first kappa shape index (κ1) is 13.9. The minimum Gasteiger partial charge on any atom is -0.478 e. The van der Waals surface area contributed by atoms with Gasteiger partial charge in [0.25, 0.3) is 0 Å². The standard InChI is InChI=1S/C15H16N2O3/c1-3-12(4-2)16-15(20)17-8-7-10-5-6-11(14(18)19)9-13(10)17/h1,5-6,9,12H,4,7-8H2,2H3,(H,16,20)(H,18,19). The van der Waals surface area contributed by atoms with Gasteiger partial charge in [0.2, 0.25) is 0 Å². The molecular formula is C15H16N2O3.